The highest BCUT2D eigenvalue weighted by molar-refractivity contribution is 5.83. The standard InChI is InChI=1S/C17H28N2O7.C10H20/c1-15(2)23-10-8-22-17(9-19-12(21)7-6-11(20)18-5)14(13(10)24-15)25-16(3,4)26-17;1-2-4-6-8-10-9-7-5-3-1/h10,13-14H,6-9H2,1-5H3,(H,18,20)(H,19,21);1-10H2/t10-,13-,14+,17+;/m1./s1. The summed E-state index contributed by atoms with van der Waals surface area (Å²) in [5, 5.41) is 5.27. The van der Waals surface area contributed by atoms with Crippen LogP contribution in [-0.2, 0) is 33.3 Å². The van der Waals surface area contributed by atoms with E-state index in [1.54, 1.807) is 13.8 Å². The van der Waals surface area contributed by atoms with Gasteiger partial charge in [0.2, 0.25) is 17.6 Å². The molecule has 3 saturated heterocycles. The predicted molar refractivity (Wildman–Crippen MR) is 135 cm³/mol. The zero-order valence-electron chi connectivity index (χ0n) is 23.0. The number of nitrogens with one attached hydrogen (secondary N) is 2. The molecule has 3 heterocycles. The van der Waals surface area contributed by atoms with Crippen molar-refractivity contribution in [3.8, 4) is 0 Å². The van der Waals surface area contributed by atoms with Crippen molar-refractivity contribution < 1.29 is 33.3 Å². The first kappa shape index (κ1) is 29.3. The number of carbonyl (C=O) groups excluding carboxylic acids is 2. The first-order valence-corrected chi connectivity index (χ1v) is 13.9. The highest BCUT2D eigenvalue weighted by Gasteiger charge is 2.65. The molecular weight excluding hydrogens is 464 g/mol. The first-order chi connectivity index (χ1) is 17.1. The molecule has 208 valence electrons. The molecule has 1 saturated carbocycles. The Bertz CT molecular complexity index is 696. The maximum absolute atomic E-state index is 12.1. The molecule has 36 heavy (non-hydrogen) atoms. The van der Waals surface area contributed by atoms with Crippen molar-refractivity contribution >= 4 is 11.8 Å². The lowest BCUT2D eigenvalue weighted by Gasteiger charge is -2.40. The lowest BCUT2D eigenvalue weighted by Crippen LogP contribution is -2.62. The molecule has 0 aromatic carbocycles. The molecule has 9 heteroatoms. The van der Waals surface area contributed by atoms with Gasteiger partial charge in [-0.05, 0) is 27.7 Å². The molecule has 4 fully saturated rings. The largest absolute Gasteiger partial charge is 0.359 e. The summed E-state index contributed by atoms with van der Waals surface area (Å²) in [6.07, 6.45) is 14.0. The van der Waals surface area contributed by atoms with Gasteiger partial charge in [0.15, 0.2) is 11.6 Å². The number of fused-ring (bicyclic) bond motifs is 3. The third-order valence-electron chi connectivity index (χ3n) is 7.16. The Hall–Kier alpha value is -1.26. The van der Waals surface area contributed by atoms with Gasteiger partial charge in [0, 0.05) is 19.9 Å². The van der Waals surface area contributed by atoms with E-state index in [1.165, 1.54) is 71.3 Å². The van der Waals surface area contributed by atoms with Crippen LogP contribution < -0.4 is 10.6 Å². The third-order valence-corrected chi connectivity index (χ3v) is 7.16. The van der Waals surface area contributed by atoms with Crippen LogP contribution in [0.15, 0.2) is 0 Å². The molecule has 4 rings (SSSR count). The molecule has 0 aromatic rings. The van der Waals surface area contributed by atoms with Crippen molar-refractivity contribution in [2.24, 2.45) is 0 Å². The van der Waals surface area contributed by atoms with Crippen LogP contribution in [0.4, 0.5) is 0 Å². The van der Waals surface area contributed by atoms with Gasteiger partial charge in [0.1, 0.15) is 18.3 Å². The SMILES string of the molecule is C1CCCCCCCCC1.CNC(=O)CCC(=O)NC[C@@]12OC[C@H]3OC(C)(C)O[C@H]3[C@@H]1OC(C)(C)O2. The molecule has 0 radical (unpaired) electrons. The van der Waals surface area contributed by atoms with Crippen LogP contribution in [0.25, 0.3) is 0 Å². The van der Waals surface area contributed by atoms with E-state index in [4.69, 9.17) is 23.7 Å². The van der Waals surface area contributed by atoms with Gasteiger partial charge < -0.3 is 34.3 Å². The molecule has 0 bridgehead atoms. The number of hydrogen-bond acceptors (Lipinski definition) is 7. The van der Waals surface area contributed by atoms with Crippen molar-refractivity contribution in [1.82, 2.24) is 10.6 Å². The fraction of sp³-hybridized carbons (Fsp3) is 0.926. The number of hydrogen-bond donors (Lipinski definition) is 2. The van der Waals surface area contributed by atoms with Crippen LogP contribution in [0.2, 0.25) is 0 Å². The second kappa shape index (κ2) is 13.0. The molecule has 0 spiro atoms. The van der Waals surface area contributed by atoms with E-state index in [0.717, 1.165) is 0 Å². The van der Waals surface area contributed by atoms with E-state index in [2.05, 4.69) is 10.6 Å². The summed E-state index contributed by atoms with van der Waals surface area (Å²) in [6.45, 7) is 7.64. The molecule has 0 aromatic heterocycles. The minimum absolute atomic E-state index is 0.0867. The van der Waals surface area contributed by atoms with Crippen LogP contribution in [0.5, 0.6) is 0 Å². The summed E-state index contributed by atoms with van der Waals surface area (Å²) >= 11 is 0. The summed E-state index contributed by atoms with van der Waals surface area (Å²) in [7, 11) is 1.53. The van der Waals surface area contributed by atoms with E-state index >= 15 is 0 Å². The quantitative estimate of drug-likeness (QED) is 0.575. The monoisotopic (exact) mass is 512 g/mol. The second-order valence-electron chi connectivity index (χ2n) is 11.3. The van der Waals surface area contributed by atoms with Crippen LogP contribution in [0, 0.1) is 0 Å². The van der Waals surface area contributed by atoms with Crippen molar-refractivity contribution in [2.45, 2.75) is 140 Å². The molecule has 1 aliphatic carbocycles. The van der Waals surface area contributed by atoms with E-state index in [1.807, 2.05) is 13.8 Å². The Morgan fingerprint density at radius 3 is 1.81 bits per heavy atom. The van der Waals surface area contributed by atoms with Gasteiger partial charge in [-0.3, -0.25) is 9.59 Å². The molecule has 9 nitrogen and oxygen atoms in total. The molecule has 0 unspecified atom stereocenters. The van der Waals surface area contributed by atoms with Crippen LogP contribution >= 0.6 is 0 Å². The van der Waals surface area contributed by atoms with Crippen molar-refractivity contribution in [3.63, 3.8) is 0 Å². The van der Waals surface area contributed by atoms with E-state index in [0.29, 0.717) is 0 Å². The van der Waals surface area contributed by atoms with E-state index < -0.39 is 23.5 Å². The second-order valence-corrected chi connectivity index (χ2v) is 11.3. The topological polar surface area (TPSA) is 104 Å². The third kappa shape index (κ3) is 8.38. The Balaban J connectivity index is 0.000000303. The molecule has 2 amide bonds. The summed E-state index contributed by atoms with van der Waals surface area (Å²) < 4.78 is 29.9. The summed E-state index contributed by atoms with van der Waals surface area (Å²) in [4.78, 5) is 23.4. The molecule has 3 aliphatic heterocycles. The first-order valence-electron chi connectivity index (χ1n) is 13.9. The lowest BCUT2D eigenvalue weighted by molar-refractivity contribution is -0.277. The van der Waals surface area contributed by atoms with E-state index in [-0.39, 0.29) is 50.0 Å². The van der Waals surface area contributed by atoms with Crippen LogP contribution in [0.1, 0.15) is 105 Å². The molecule has 4 atom stereocenters. The zero-order chi connectivity index (χ0) is 26.2. The summed E-state index contributed by atoms with van der Waals surface area (Å²) in [6, 6.07) is 0. The fourth-order valence-electron chi connectivity index (χ4n) is 5.41. The average Bonchev–Trinajstić information content (AvgIpc) is 3.31. The number of rotatable bonds is 5. The Morgan fingerprint density at radius 1 is 0.750 bits per heavy atom. The minimum Gasteiger partial charge on any atom is -0.359 e. The Morgan fingerprint density at radius 2 is 1.28 bits per heavy atom. The number of amides is 2. The molecule has 2 N–H and O–H groups in total. The van der Waals surface area contributed by atoms with Crippen LogP contribution in [-0.4, -0.2) is 67.7 Å². The van der Waals surface area contributed by atoms with Crippen molar-refractivity contribution in [2.75, 3.05) is 20.2 Å². The van der Waals surface area contributed by atoms with Crippen LogP contribution in [0.3, 0.4) is 0 Å². The Labute approximate surface area is 216 Å². The van der Waals surface area contributed by atoms with Gasteiger partial charge in [-0.25, -0.2) is 0 Å². The van der Waals surface area contributed by atoms with E-state index in [9.17, 15) is 9.59 Å². The van der Waals surface area contributed by atoms with Gasteiger partial charge in [0.25, 0.3) is 0 Å². The summed E-state index contributed by atoms with van der Waals surface area (Å²) in [5.74, 6) is -3.22. The average molecular weight is 513 g/mol. The minimum atomic E-state index is -1.16. The maximum Gasteiger partial charge on any atom is 0.220 e. The predicted octanol–water partition coefficient (Wildman–Crippen LogP) is 3.93. The fourth-order valence-corrected chi connectivity index (χ4v) is 5.41. The zero-order valence-corrected chi connectivity index (χ0v) is 23.0. The van der Waals surface area contributed by atoms with Crippen molar-refractivity contribution in [3.05, 3.63) is 0 Å². The Kier molecular flexibility index (Phi) is 10.6. The molecule has 4 aliphatic rings. The van der Waals surface area contributed by atoms with Gasteiger partial charge in [-0.15, -0.1) is 0 Å². The lowest BCUT2D eigenvalue weighted by atomic mass is 9.97. The number of carbonyl (C=O) groups is 2. The highest BCUT2D eigenvalue weighted by Crippen LogP contribution is 2.47. The maximum atomic E-state index is 12.1. The number of ether oxygens (including phenoxy) is 5. The smallest absolute Gasteiger partial charge is 0.220 e. The molecular formula is C27H48N2O7. The van der Waals surface area contributed by atoms with Gasteiger partial charge in [-0.1, -0.05) is 64.2 Å². The normalized spacial score (nSPS) is 33.3. The van der Waals surface area contributed by atoms with Gasteiger partial charge in [-0.2, -0.15) is 0 Å². The summed E-state index contributed by atoms with van der Waals surface area (Å²) in [5.41, 5.74) is 0. The van der Waals surface area contributed by atoms with Crippen molar-refractivity contribution in [1.29, 1.82) is 0 Å². The van der Waals surface area contributed by atoms with Gasteiger partial charge >= 0.3 is 0 Å². The van der Waals surface area contributed by atoms with Gasteiger partial charge in [0.05, 0.1) is 13.2 Å². The highest BCUT2D eigenvalue weighted by atomic mass is 16.9.